The molecule has 13 heteroatoms. The number of likely N-dealkylation sites (tertiary alicyclic amines) is 1. The molecule has 196 valence electrons. The molecule has 1 aromatic carbocycles. The molecule has 0 aliphatic carbocycles. The Hall–Kier alpha value is -3.61. The molecule has 9 nitrogen and oxygen atoms in total. The number of aromatic nitrogens is 3. The van der Waals surface area contributed by atoms with Crippen LogP contribution in [0.25, 0.3) is 11.3 Å². The lowest BCUT2D eigenvalue weighted by molar-refractivity contribution is -0.127. The number of hydrogen-bond donors (Lipinski definition) is 3. The fraction of sp³-hybridized carbons (Fsp3) is 0.292. The molecule has 37 heavy (non-hydrogen) atoms. The number of nitrogens with zero attached hydrogens (tertiary/aromatic N) is 4. The Balaban J connectivity index is 1.58. The highest BCUT2D eigenvalue weighted by Gasteiger charge is 2.29. The molecule has 3 heterocycles. The van der Waals surface area contributed by atoms with E-state index in [1.54, 1.807) is 24.3 Å². The van der Waals surface area contributed by atoms with Crippen molar-refractivity contribution in [2.24, 2.45) is 5.73 Å². The summed E-state index contributed by atoms with van der Waals surface area (Å²) < 4.78 is 45.9. The smallest absolute Gasteiger partial charge is 0.257 e. The molecule has 0 spiro atoms. The van der Waals surface area contributed by atoms with Gasteiger partial charge in [-0.05, 0) is 49.2 Å². The minimum atomic E-state index is -2.72. The van der Waals surface area contributed by atoms with Crippen LogP contribution in [0.2, 0.25) is 5.02 Å². The van der Waals surface area contributed by atoms with Crippen molar-refractivity contribution in [3.8, 4) is 22.9 Å². The summed E-state index contributed by atoms with van der Waals surface area (Å²) in [5.41, 5.74) is 13.2. The first-order valence-corrected chi connectivity index (χ1v) is 11.7. The second kappa shape index (κ2) is 11.2. The molecule has 1 saturated heterocycles. The first kappa shape index (κ1) is 26.5. The lowest BCUT2D eigenvalue weighted by Crippen LogP contribution is -2.40. The number of allylic oxidation sites excluding steroid dienone is 1. The van der Waals surface area contributed by atoms with E-state index in [1.807, 2.05) is 0 Å². The highest BCUT2D eigenvalue weighted by atomic mass is 35.5. The number of alkyl halides is 2. The van der Waals surface area contributed by atoms with Crippen molar-refractivity contribution in [1.29, 1.82) is 0 Å². The zero-order valence-corrected chi connectivity index (χ0v) is 20.2. The number of halogens is 4. The maximum absolute atomic E-state index is 14.0. The quantitative estimate of drug-likeness (QED) is 0.306. The maximum Gasteiger partial charge on any atom is 0.257 e. The van der Waals surface area contributed by atoms with Crippen molar-refractivity contribution in [2.75, 3.05) is 18.8 Å². The number of piperidine rings is 1. The number of anilines is 1. The van der Waals surface area contributed by atoms with Crippen molar-refractivity contribution in [3.63, 3.8) is 0 Å². The second-order valence-corrected chi connectivity index (χ2v) is 8.81. The van der Waals surface area contributed by atoms with E-state index in [0.29, 0.717) is 36.7 Å². The lowest BCUT2D eigenvalue weighted by Gasteiger charge is -2.32. The third-order valence-electron chi connectivity index (χ3n) is 5.84. The van der Waals surface area contributed by atoms with Gasteiger partial charge in [0.2, 0.25) is 5.91 Å². The molecule has 3 aromatic rings. The van der Waals surface area contributed by atoms with Crippen LogP contribution in [0.1, 0.15) is 30.7 Å². The Morgan fingerprint density at radius 3 is 2.68 bits per heavy atom. The third kappa shape index (κ3) is 6.04. The van der Waals surface area contributed by atoms with Crippen LogP contribution in [-0.2, 0) is 4.79 Å². The van der Waals surface area contributed by atoms with Gasteiger partial charge in [-0.25, -0.2) is 22.8 Å². The van der Waals surface area contributed by atoms with E-state index in [4.69, 9.17) is 27.8 Å². The topological polar surface area (TPSA) is 133 Å². The SMILES string of the molecule is Nc1c(C(N)O)c(-c2ccc(Oc3ncc(Cl)cc3F)cc2)nn1C1CCCN(C(=O)/C=C/C(F)F)C1. The van der Waals surface area contributed by atoms with E-state index in [2.05, 4.69) is 10.1 Å². The van der Waals surface area contributed by atoms with Crippen molar-refractivity contribution >= 4 is 23.3 Å². The van der Waals surface area contributed by atoms with Crippen LogP contribution in [0.5, 0.6) is 11.6 Å². The number of rotatable bonds is 7. The summed E-state index contributed by atoms with van der Waals surface area (Å²) in [7, 11) is 0. The zero-order valence-electron chi connectivity index (χ0n) is 19.4. The van der Waals surface area contributed by atoms with Gasteiger partial charge in [0.1, 0.15) is 23.5 Å². The molecule has 1 aliphatic heterocycles. The molecule has 2 unspecified atom stereocenters. The van der Waals surface area contributed by atoms with E-state index < -0.39 is 24.4 Å². The zero-order chi connectivity index (χ0) is 26.7. The number of carbonyl (C=O) groups excluding carboxylic acids is 1. The molecule has 5 N–H and O–H groups in total. The molecular formula is C24H24ClF3N6O3. The van der Waals surface area contributed by atoms with E-state index in [9.17, 15) is 23.1 Å². The fourth-order valence-corrected chi connectivity index (χ4v) is 4.27. The summed E-state index contributed by atoms with van der Waals surface area (Å²) in [5, 5.41) is 15.0. The number of pyridine rings is 1. The van der Waals surface area contributed by atoms with E-state index in [1.165, 1.54) is 15.8 Å². The Morgan fingerprint density at radius 2 is 2.03 bits per heavy atom. The highest BCUT2D eigenvalue weighted by molar-refractivity contribution is 6.30. The van der Waals surface area contributed by atoms with Gasteiger partial charge in [0.25, 0.3) is 12.3 Å². The molecule has 2 atom stereocenters. The van der Waals surface area contributed by atoms with Crippen LogP contribution in [0.3, 0.4) is 0 Å². The number of benzene rings is 1. The maximum atomic E-state index is 14.0. The summed E-state index contributed by atoms with van der Waals surface area (Å²) in [6, 6.07) is 7.11. The molecule has 0 saturated carbocycles. The fourth-order valence-electron chi connectivity index (χ4n) is 4.13. The van der Waals surface area contributed by atoms with Gasteiger partial charge in [-0.1, -0.05) is 11.6 Å². The lowest BCUT2D eigenvalue weighted by atomic mass is 10.0. The average Bonchev–Trinajstić information content (AvgIpc) is 3.22. The molecular weight excluding hydrogens is 513 g/mol. The van der Waals surface area contributed by atoms with Crippen molar-refractivity contribution < 1.29 is 27.8 Å². The van der Waals surface area contributed by atoms with Gasteiger partial charge in [0.15, 0.2) is 5.82 Å². The van der Waals surface area contributed by atoms with Gasteiger partial charge in [0.05, 0.1) is 16.6 Å². The number of ether oxygens (including phenoxy) is 1. The van der Waals surface area contributed by atoms with Gasteiger partial charge in [-0.2, -0.15) is 5.10 Å². The number of nitrogen functional groups attached to an aromatic ring is 1. The molecule has 0 radical (unpaired) electrons. The van der Waals surface area contributed by atoms with Crippen LogP contribution >= 0.6 is 11.6 Å². The monoisotopic (exact) mass is 536 g/mol. The Morgan fingerprint density at radius 1 is 1.30 bits per heavy atom. The first-order chi connectivity index (χ1) is 17.6. The number of carbonyl (C=O) groups is 1. The van der Waals surface area contributed by atoms with Crippen LogP contribution in [0.15, 0.2) is 48.7 Å². The molecule has 4 rings (SSSR count). The first-order valence-electron chi connectivity index (χ1n) is 11.3. The summed E-state index contributed by atoms with van der Waals surface area (Å²) in [6.07, 6.45) is -0.277. The standard InChI is InChI=1S/C24H24ClF3N6O3/c25-14-10-17(26)24(31-11-14)37-16-5-3-13(4-6-16)21-20(23(30)36)22(29)34(32-21)15-2-1-9-33(12-15)19(35)8-7-18(27)28/h3-8,10-11,15,18,23,36H,1-2,9,12,29-30H2/b8-7+. The summed E-state index contributed by atoms with van der Waals surface area (Å²) >= 11 is 5.71. The predicted molar refractivity (Wildman–Crippen MR) is 130 cm³/mol. The van der Waals surface area contributed by atoms with Crippen molar-refractivity contribution in [1.82, 2.24) is 19.7 Å². The Labute approximate surface area is 215 Å². The van der Waals surface area contributed by atoms with Gasteiger partial charge >= 0.3 is 0 Å². The number of hydrogen-bond acceptors (Lipinski definition) is 7. The average molecular weight is 537 g/mol. The summed E-state index contributed by atoms with van der Waals surface area (Å²) in [6.45, 7) is 0.609. The van der Waals surface area contributed by atoms with Crippen LogP contribution < -0.4 is 16.2 Å². The molecule has 0 bridgehead atoms. The van der Waals surface area contributed by atoms with Gasteiger partial charge in [-0.15, -0.1) is 0 Å². The second-order valence-electron chi connectivity index (χ2n) is 8.38. The minimum absolute atomic E-state index is 0.125. The van der Waals surface area contributed by atoms with Gasteiger partial charge < -0.3 is 26.2 Å². The summed E-state index contributed by atoms with van der Waals surface area (Å²) in [5.74, 6) is -1.08. The van der Waals surface area contributed by atoms with E-state index >= 15 is 0 Å². The summed E-state index contributed by atoms with van der Waals surface area (Å²) in [4.78, 5) is 17.6. The Kier molecular flexibility index (Phi) is 8.00. The predicted octanol–water partition coefficient (Wildman–Crippen LogP) is 4.05. The van der Waals surface area contributed by atoms with Crippen molar-refractivity contribution in [2.45, 2.75) is 31.5 Å². The van der Waals surface area contributed by atoms with Crippen LogP contribution in [-0.4, -0.2) is 50.2 Å². The largest absolute Gasteiger partial charge is 0.436 e. The van der Waals surface area contributed by atoms with Crippen LogP contribution in [0, 0.1) is 5.82 Å². The number of aliphatic hydroxyl groups excluding tert-OH is 1. The van der Waals surface area contributed by atoms with Gasteiger partial charge in [-0.3, -0.25) is 4.79 Å². The van der Waals surface area contributed by atoms with Crippen LogP contribution in [0.4, 0.5) is 19.0 Å². The van der Waals surface area contributed by atoms with E-state index in [0.717, 1.165) is 12.1 Å². The number of aliphatic hydroxyl groups is 1. The Bertz CT molecular complexity index is 1300. The third-order valence-corrected chi connectivity index (χ3v) is 6.04. The van der Waals surface area contributed by atoms with Crippen molar-refractivity contribution in [3.05, 3.63) is 65.1 Å². The molecule has 1 fully saturated rings. The molecule has 2 aromatic heterocycles. The highest BCUT2D eigenvalue weighted by Crippen LogP contribution is 2.35. The number of nitrogens with two attached hydrogens (primary N) is 2. The van der Waals surface area contributed by atoms with Gasteiger partial charge in [0, 0.05) is 30.9 Å². The molecule has 1 amide bonds. The normalized spacial score (nSPS) is 16.9. The number of amides is 1. The molecule has 1 aliphatic rings. The minimum Gasteiger partial charge on any atom is -0.436 e. The van der Waals surface area contributed by atoms with E-state index in [-0.39, 0.29) is 40.6 Å².